The van der Waals surface area contributed by atoms with Gasteiger partial charge in [-0.25, -0.2) is 0 Å². The van der Waals surface area contributed by atoms with Crippen molar-refractivity contribution >= 4 is 11.6 Å². The van der Waals surface area contributed by atoms with Gasteiger partial charge in [-0.15, -0.1) is 0 Å². The molecule has 1 fully saturated rings. The fraction of sp³-hybridized carbons (Fsp3) is 0.462. The van der Waals surface area contributed by atoms with Crippen molar-refractivity contribution in [3.05, 3.63) is 29.8 Å². The highest BCUT2D eigenvalue weighted by Crippen LogP contribution is 2.16. The molecular formula is C13H18N2O. The number of likely N-dealkylation sites (N-methyl/N-ethyl adjacent to an activating group) is 1. The molecule has 2 rings (SSSR count). The first kappa shape index (κ1) is 11.1. The molecule has 1 aliphatic heterocycles. The average Bonchev–Trinajstić information content (AvgIpc) is 2.81. The lowest BCUT2D eigenvalue weighted by molar-refractivity contribution is -0.119. The van der Waals surface area contributed by atoms with E-state index in [1.807, 2.05) is 38.2 Å². The Kier molecular flexibility index (Phi) is 3.25. The van der Waals surface area contributed by atoms with Gasteiger partial charge in [0.2, 0.25) is 5.91 Å². The number of nitrogens with one attached hydrogen (secondary N) is 1. The second-order valence-electron chi connectivity index (χ2n) is 4.38. The van der Waals surface area contributed by atoms with Gasteiger partial charge in [-0.1, -0.05) is 17.7 Å². The van der Waals surface area contributed by atoms with E-state index in [9.17, 15) is 4.79 Å². The third-order valence-electron chi connectivity index (χ3n) is 3.11. The molecule has 1 unspecified atom stereocenters. The van der Waals surface area contributed by atoms with Crippen molar-refractivity contribution < 1.29 is 4.79 Å². The summed E-state index contributed by atoms with van der Waals surface area (Å²) in [7, 11) is 1.84. The maximum atomic E-state index is 12.1. The van der Waals surface area contributed by atoms with Gasteiger partial charge in [-0.2, -0.15) is 0 Å². The Morgan fingerprint density at radius 3 is 2.62 bits per heavy atom. The van der Waals surface area contributed by atoms with Crippen molar-refractivity contribution in [2.24, 2.45) is 0 Å². The number of anilines is 1. The highest BCUT2D eigenvalue weighted by atomic mass is 16.2. The number of benzene rings is 1. The Morgan fingerprint density at radius 2 is 2.06 bits per heavy atom. The molecule has 1 heterocycles. The van der Waals surface area contributed by atoms with E-state index in [2.05, 4.69) is 5.32 Å². The minimum absolute atomic E-state index is 0.00584. The molecule has 3 nitrogen and oxygen atoms in total. The number of carbonyl (C=O) groups excluding carboxylic acids is 1. The highest BCUT2D eigenvalue weighted by Gasteiger charge is 2.25. The summed E-state index contributed by atoms with van der Waals surface area (Å²) in [6.07, 6.45) is 2.05. The van der Waals surface area contributed by atoms with Gasteiger partial charge >= 0.3 is 0 Å². The van der Waals surface area contributed by atoms with E-state index in [1.165, 1.54) is 5.56 Å². The van der Waals surface area contributed by atoms with Crippen LogP contribution in [0.15, 0.2) is 24.3 Å². The van der Waals surface area contributed by atoms with Crippen LogP contribution in [-0.4, -0.2) is 25.5 Å². The quantitative estimate of drug-likeness (QED) is 0.819. The summed E-state index contributed by atoms with van der Waals surface area (Å²) in [6, 6.07) is 8.04. The van der Waals surface area contributed by atoms with Gasteiger partial charge in [0.1, 0.15) is 0 Å². The molecule has 16 heavy (non-hydrogen) atoms. The van der Waals surface area contributed by atoms with Crippen LogP contribution in [0, 0.1) is 6.92 Å². The predicted octanol–water partition coefficient (Wildman–Crippen LogP) is 1.71. The van der Waals surface area contributed by atoms with Gasteiger partial charge in [0.25, 0.3) is 0 Å². The molecule has 3 heteroatoms. The lowest BCUT2D eigenvalue weighted by Gasteiger charge is -2.21. The first-order valence-corrected chi connectivity index (χ1v) is 5.76. The topological polar surface area (TPSA) is 32.3 Å². The average molecular weight is 218 g/mol. The number of aryl methyl sites for hydroxylation is 1. The molecule has 0 spiro atoms. The van der Waals surface area contributed by atoms with E-state index in [-0.39, 0.29) is 11.9 Å². The van der Waals surface area contributed by atoms with Gasteiger partial charge in [0.15, 0.2) is 0 Å². The van der Waals surface area contributed by atoms with Crippen LogP contribution in [0.25, 0.3) is 0 Å². The lowest BCUT2D eigenvalue weighted by atomic mass is 10.1. The van der Waals surface area contributed by atoms with Crippen molar-refractivity contribution in [1.82, 2.24) is 5.32 Å². The Labute approximate surface area is 96.5 Å². The number of rotatable bonds is 2. The Morgan fingerprint density at radius 1 is 1.38 bits per heavy atom. The van der Waals surface area contributed by atoms with E-state index < -0.39 is 0 Å². The van der Waals surface area contributed by atoms with Gasteiger partial charge in [-0.3, -0.25) is 4.79 Å². The normalized spacial score (nSPS) is 19.8. The molecule has 0 aliphatic carbocycles. The summed E-state index contributed by atoms with van der Waals surface area (Å²) in [6.45, 7) is 3.00. The molecule has 86 valence electrons. The molecule has 0 saturated carbocycles. The zero-order valence-electron chi connectivity index (χ0n) is 9.86. The molecule has 1 atom stereocenters. The number of nitrogens with zero attached hydrogens (tertiary/aromatic N) is 1. The summed E-state index contributed by atoms with van der Waals surface area (Å²) in [4.78, 5) is 13.8. The maximum absolute atomic E-state index is 12.1. The Bertz CT molecular complexity index is 366. The lowest BCUT2D eigenvalue weighted by Crippen LogP contribution is -2.41. The van der Waals surface area contributed by atoms with Crippen LogP contribution in [0.3, 0.4) is 0 Å². The van der Waals surface area contributed by atoms with Crippen LogP contribution in [0.2, 0.25) is 0 Å². The first-order chi connectivity index (χ1) is 7.68. The zero-order valence-corrected chi connectivity index (χ0v) is 9.86. The molecule has 1 saturated heterocycles. The summed E-state index contributed by atoms with van der Waals surface area (Å²) in [5, 5.41) is 3.23. The van der Waals surface area contributed by atoms with E-state index in [1.54, 1.807) is 4.90 Å². The van der Waals surface area contributed by atoms with Gasteiger partial charge in [0.05, 0.1) is 6.04 Å². The third kappa shape index (κ3) is 2.25. The van der Waals surface area contributed by atoms with Gasteiger partial charge in [0, 0.05) is 12.7 Å². The molecule has 0 bridgehead atoms. The fourth-order valence-corrected chi connectivity index (χ4v) is 2.02. The minimum Gasteiger partial charge on any atom is -0.314 e. The van der Waals surface area contributed by atoms with E-state index in [0.29, 0.717) is 0 Å². The SMILES string of the molecule is Cc1ccc(N(C)C(=O)C2CCCN2)cc1. The van der Waals surface area contributed by atoms with Crippen molar-refractivity contribution in [2.45, 2.75) is 25.8 Å². The maximum Gasteiger partial charge on any atom is 0.243 e. The molecule has 1 aromatic rings. The van der Waals surface area contributed by atoms with Crippen LogP contribution >= 0.6 is 0 Å². The number of hydrogen-bond donors (Lipinski definition) is 1. The second kappa shape index (κ2) is 4.66. The molecule has 0 radical (unpaired) electrons. The molecule has 1 amide bonds. The molecule has 1 aromatic carbocycles. The summed E-state index contributed by atoms with van der Waals surface area (Å²) >= 11 is 0. The molecular weight excluding hydrogens is 200 g/mol. The van der Waals surface area contributed by atoms with Crippen LogP contribution in [-0.2, 0) is 4.79 Å². The fourth-order valence-electron chi connectivity index (χ4n) is 2.02. The van der Waals surface area contributed by atoms with Crippen LogP contribution in [0.1, 0.15) is 18.4 Å². The van der Waals surface area contributed by atoms with Crippen molar-refractivity contribution in [2.75, 3.05) is 18.5 Å². The molecule has 1 aliphatic rings. The summed E-state index contributed by atoms with van der Waals surface area (Å²) < 4.78 is 0. The van der Waals surface area contributed by atoms with E-state index >= 15 is 0 Å². The second-order valence-corrected chi connectivity index (χ2v) is 4.38. The van der Waals surface area contributed by atoms with E-state index in [0.717, 1.165) is 25.1 Å². The van der Waals surface area contributed by atoms with Crippen molar-refractivity contribution in [3.63, 3.8) is 0 Å². The number of hydrogen-bond acceptors (Lipinski definition) is 2. The van der Waals surface area contributed by atoms with Crippen molar-refractivity contribution in [3.8, 4) is 0 Å². The smallest absolute Gasteiger partial charge is 0.243 e. The highest BCUT2D eigenvalue weighted by molar-refractivity contribution is 5.96. The number of carbonyl (C=O) groups is 1. The first-order valence-electron chi connectivity index (χ1n) is 5.76. The molecule has 1 N–H and O–H groups in total. The van der Waals surface area contributed by atoms with Crippen LogP contribution in [0.4, 0.5) is 5.69 Å². The Hall–Kier alpha value is -1.35. The summed E-state index contributed by atoms with van der Waals surface area (Å²) in [5.74, 6) is 0.168. The number of amides is 1. The monoisotopic (exact) mass is 218 g/mol. The Balaban J connectivity index is 2.08. The molecule has 0 aromatic heterocycles. The zero-order chi connectivity index (χ0) is 11.5. The van der Waals surface area contributed by atoms with Gasteiger partial charge in [-0.05, 0) is 38.4 Å². The van der Waals surface area contributed by atoms with Crippen LogP contribution < -0.4 is 10.2 Å². The summed E-state index contributed by atoms with van der Waals surface area (Å²) in [5.41, 5.74) is 2.17. The van der Waals surface area contributed by atoms with Crippen molar-refractivity contribution in [1.29, 1.82) is 0 Å². The third-order valence-corrected chi connectivity index (χ3v) is 3.11. The van der Waals surface area contributed by atoms with Crippen LogP contribution in [0.5, 0.6) is 0 Å². The predicted molar refractivity (Wildman–Crippen MR) is 65.6 cm³/mol. The largest absolute Gasteiger partial charge is 0.314 e. The minimum atomic E-state index is 0.00584. The van der Waals surface area contributed by atoms with Gasteiger partial charge < -0.3 is 10.2 Å². The standard InChI is InChI=1S/C13H18N2O/c1-10-5-7-11(8-6-10)15(2)13(16)12-4-3-9-14-12/h5-8,12,14H,3-4,9H2,1-2H3. The van der Waals surface area contributed by atoms with E-state index in [4.69, 9.17) is 0 Å².